The lowest BCUT2D eigenvalue weighted by molar-refractivity contribution is 0.320. The fourth-order valence-electron chi connectivity index (χ4n) is 3.63. The van der Waals surface area contributed by atoms with E-state index in [0.29, 0.717) is 6.10 Å². The minimum atomic E-state index is 0.134. The molecule has 0 amide bonds. The largest absolute Gasteiger partial charge is 0.367 e. The van der Waals surface area contributed by atoms with E-state index in [4.69, 9.17) is 4.74 Å². The van der Waals surface area contributed by atoms with Crippen LogP contribution >= 0.6 is 0 Å². The number of ether oxygens (including phenoxy) is 1. The highest BCUT2D eigenvalue weighted by molar-refractivity contribution is 5.06. The minimum absolute atomic E-state index is 0.134. The number of epoxide rings is 1. The third kappa shape index (κ3) is 13.8. The molecule has 0 bridgehead atoms. The molecule has 1 fully saturated rings. The third-order valence-electron chi connectivity index (χ3n) is 5.91. The second-order valence-corrected chi connectivity index (χ2v) is 9.88. The Morgan fingerprint density at radius 2 is 1.07 bits per heavy atom. The minimum Gasteiger partial charge on any atom is -0.367 e. The van der Waals surface area contributed by atoms with Crippen molar-refractivity contribution in [2.45, 2.75) is 124 Å². The fraction of sp³-hybridized carbons (Fsp3) is 0.655. The van der Waals surface area contributed by atoms with Gasteiger partial charge in [0.2, 0.25) is 0 Å². The summed E-state index contributed by atoms with van der Waals surface area (Å²) >= 11 is 0. The normalized spacial score (nSPS) is 19.4. The second-order valence-electron chi connectivity index (χ2n) is 9.88. The molecule has 1 rings (SSSR count). The van der Waals surface area contributed by atoms with Crippen LogP contribution in [0.4, 0.5) is 0 Å². The smallest absolute Gasteiger partial charge is 0.0892 e. The van der Waals surface area contributed by atoms with Gasteiger partial charge in [0.1, 0.15) is 0 Å². The van der Waals surface area contributed by atoms with Crippen molar-refractivity contribution >= 4 is 0 Å². The van der Waals surface area contributed by atoms with Crippen molar-refractivity contribution < 1.29 is 4.74 Å². The quantitative estimate of drug-likeness (QED) is 0.148. The van der Waals surface area contributed by atoms with E-state index in [9.17, 15) is 0 Å². The molecule has 1 heteroatoms. The lowest BCUT2D eigenvalue weighted by atomic mass is 10.0. The first kappa shape index (κ1) is 26.7. The van der Waals surface area contributed by atoms with Crippen molar-refractivity contribution in [2.24, 2.45) is 0 Å². The molecular weight excluding hydrogens is 364 g/mol. The zero-order chi connectivity index (χ0) is 22.4. The molecule has 1 aliphatic heterocycles. The van der Waals surface area contributed by atoms with Crippen LogP contribution in [0, 0.1) is 0 Å². The Morgan fingerprint density at radius 1 is 0.633 bits per heavy atom. The maximum atomic E-state index is 5.67. The summed E-state index contributed by atoms with van der Waals surface area (Å²) in [6, 6.07) is 0. The van der Waals surface area contributed by atoms with Gasteiger partial charge >= 0.3 is 0 Å². The van der Waals surface area contributed by atoms with Gasteiger partial charge in [0.05, 0.1) is 11.7 Å². The second kappa shape index (κ2) is 14.6. The van der Waals surface area contributed by atoms with E-state index >= 15 is 0 Å². The van der Waals surface area contributed by atoms with Crippen LogP contribution in [0.2, 0.25) is 0 Å². The number of allylic oxidation sites excluding steroid dienone is 10. The molecule has 0 aromatic heterocycles. The Balaban J connectivity index is 2.07. The van der Waals surface area contributed by atoms with E-state index < -0.39 is 0 Å². The zero-order valence-electron chi connectivity index (χ0n) is 21.0. The summed E-state index contributed by atoms with van der Waals surface area (Å²) in [5.41, 5.74) is 6.11. The van der Waals surface area contributed by atoms with Gasteiger partial charge in [0, 0.05) is 0 Å². The van der Waals surface area contributed by atoms with Gasteiger partial charge in [-0.2, -0.15) is 0 Å². The first-order valence-corrected chi connectivity index (χ1v) is 12.1. The van der Waals surface area contributed by atoms with Crippen molar-refractivity contribution in [1.29, 1.82) is 0 Å². The molecule has 1 atom stereocenters. The van der Waals surface area contributed by atoms with E-state index in [0.717, 1.165) is 25.7 Å². The molecule has 170 valence electrons. The highest BCUT2D eigenvalue weighted by Gasteiger charge is 2.46. The monoisotopic (exact) mass is 412 g/mol. The molecule has 1 aliphatic rings. The molecule has 1 saturated heterocycles. The van der Waals surface area contributed by atoms with Crippen molar-refractivity contribution in [1.82, 2.24) is 0 Å². The molecule has 1 unspecified atom stereocenters. The van der Waals surface area contributed by atoms with E-state index in [1.807, 2.05) is 0 Å². The zero-order valence-corrected chi connectivity index (χ0v) is 21.0. The van der Waals surface area contributed by atoms with Crippen molar-refractivity contribution in [3.8, 4) is 0 Å². The van der Waals surface area contributed by atoms with Crippen LogP contribution < -0.4 is 0 Å². The summed E-state index contributed by atoms with van der Waals surface area (Å²) in [5.74, 6) is 0. The standard InChI is InChI=1S/C29H48O/c1-24(2)16-14-19-25(3)17-12-10-8-9-11-13-18-26(4)20-15-21-27(5)22-23-28-29(6,7)30-28/h8-9,16-18,21,28H,10-15,19-20,22-23H2,1-7H3/b9-8+,25-17+,26-18+,27-21+. The lowest BCUT2D eigenvalue weighted by Crippen LogP contribution is -2.02. The third-order valence-corrected chi connectivity index (χ3v) is 5.91. The van der Waals surface area contributed by atoms with Gasteiger partial charge in [0.15, 0.2) is 0 Å². The molecule has 1 heterocycles. The van der Waals surface area contributed by atoms with Gasteiger partial charge in [-0.3, -0.25) is 0 Å². The van der Waals surface area contributed by atoms with Crippen LogP contribution in [0.3, 0.4) is 0 Å². The number of rotatable bonds is 15. The Hall–Kier alpha value is -1.34. The molecular formula is C29H48O. The number of unbranched alkanes of at least 4 members (excludes halogenated alkanes) is 2. The summed E-state index contributed by atoms with van der Waals surface area (Å²) < 4.78 is 5.67. The van der Waals surface area contributed by atoms with Gasteiger partial charge in [0.25, 0.3) is 0 Å². The summed E-state index contributed by atoms with van der Waals surface area (Å²) in [6.07, 6.45) is 26.5. The van der Waals surface area contributed by atoms with Gasteiger partial charge in [-0.1, -0.05) is 58.7 Å². The van der Waals surface area contributed by atoms with E-state index in [2.05, 4.69) is 84.9 Å². The first-order chi connectivity index (χ1) is 14.2. The van der Waals surface area contributed by atoms with Crippen molar-refractivity contribution in [2.75, 3.05) is 0 Å². The van der Waals surface area contributed by atoms with Crippen molar-refractivity contribution in [3.63, 3.8) is 0 Å². The van der Waals surface area contributed by atoms with Crippen LogP contribution in [0.5, 0.6) is 0 Å². The highest BCUT2D eigenvalue weighted by Crippen LogP contribution is 2.38. The molecule has 0 N–H and O–H groups in total. The number of hydrogen-bond donors (Lipinski definition) is 0. The maximum Gasteiger partial charge on any atom is 0.0892 e. The molecule has 0 spiro atoms. The SMILES string of the molecule is CC(C)=CCC/C(C)=C/CC/C=C/CC/C=C(\C)CC/C=C(\C)CCC1OC1(C)C. The average Bonchev–Trinajstić information content (AvgIpc) is 3.28. The summed E-state index contributed by atoms with van der Waals surface area (Å²) in [7, 11) is 0. The van der Waals surface area contributed by atoms with Gasteiger partial charge in [-0.15, -0.1) is 0 Å². The number of hydrogen-bond acceptors (Lipinski definition) is 1. The predicted octanol–water partition coefficient (Wildman–Crippen LogP) is 9.43. The lowest BCUT2D eigenvalue weighted by Gasteiger charge is -2.02. The van der Waals surface area contributed by atoms with Crippen LogP contribution in [0.25, 0.3) is 0 Å². The summed E-state index contributed by atoms with van der Waals surface area (Å²) in [4.78, 5) is 0. The topological polar surface area (TPSA) is 12.5 Å². The summed E-state index contributed by atoms with van der Waals surface area (Å²) in [6.45, 7) is 15.5. The van der Waals surface area contributed by atoms with Crippen LogP contribution in [0.1, 0.15) is 113 Å². The van der Waals surface area contributed by atoms with Gasteiger partial charge < -0.3 is 4.74 Å². The highest BCUT2D eigenvalue weighted by atomic mass is 16.6. The molecule has 0 aliphatic carbocycles. The Labute approximate surface area is 188 Å². The van der Waals surface area contributed by atoms with E-state index in [1.54, 1.807) is 0 Å². The van der Waals surface area contributed by atoms with Crippen molar-refractivity contribution in [3.05, 3.63) is 58.7 Å². The summed E-state index contributed by atoms with van der Waals surface area (Å²) in [5, 5.41) is 0. The van der Waals surface area contributed by atoms with E-state index in [1.165, 1.54) is 60.8 Å². The Morgan fingerprint density at radius 3 is 1.53 bits per heavy atom. The fourth-order valence-corrected chi connectivity index (χ4v) is 3.63. The van der Waals surface area contributed by atoms with Gasteiger partial charge in [-0.25, -0.2) is 0 Å². The average molecular weight is 413 g/mol. The molecule has 0 aromatic carbocycles. The predicted molar refractivity (Wildman–Crippen MR) is 135 cm³/mol. The van der Waals surface area contributed by atoms with E-state index in [-0.39, 0.29) is 5.60 Å². The van der Waals surface area contributed by atoms with Gasteiger partial charge in [-0.05, 0) is 113 Å². The molecule has 0 aromatic rings. The maximum absolute atomic E-state index is 5.67. The van der Waals surface area contributed by atoms with Crippen LogP contribution in [-0.4, -0.2) is 11.7 Å². The molecule has 0 saturated carbocycles. The van der Waals surface area contributed by atoms with Crippen LogP contribution in [-0.2, 0) is 4.74 Å². The first-order valence-electron chi connectivity index (χ1n) is 12.1. The Kier molecular flexibility index (Phi) is 13.0. The molecule has 0 radical (unpaired) electrons. The molecule has 30 heavy (non-hydrogen) atoms. The molecule has 1 nitrogen and oxygen atoms in total. The Bertz CT molecular complexity index is 635. The van der Waals surface area contributed by atoms with Crippen LogP contribution in [0.15, 0.2) is 58.7 Å².